The largest absolute Gasteiger partial charge is 0.493 e. The van der Waals surface area contributed by atoms with Gasteiger partial charge in [-0.15, -0.1) is 0 Å². The Balaban J connectivity index is 1.69. The zero-order chi connectivity index (χ0) is 21.3. The van der Waals surface area contributed by atoms with Gasteiger partial charge in [-0.25, -0.2) is 13.8 Å². The second kappa shape index (κ2) is 7.90. The molecule has 1 aliphatic rings. The summed E-state index contributed by atoms with van der Waals surface area (Å²) in [5.41, 5.74) is 5.98. The van der Waals surface area contributed by atoms with Crippen molar-refractivity contribution >= 4 is 5.91 Å². The number of hydrogen-bond donors (Lipinski definition) is 2. The highest BCUT2D eigenvalue weighted by atomic mass is 19.4. The van der Waals surface area contributed by atoms with Crippen LogP contribution in [0.2, 0.25) is 0 Å². The molecule has 1 aromatic heterocycles. The fourth-order valence-electron chi connectivity index (χ4n) is 3.16. The van der Waals surface area contributed by atoms with Gasteiger partial charge < -0.3 is 15.7 Å². The predicted molar refractivity (Wildman–Crippen MR) is 90.5 cm³/mol. The van der Waals surface area contributed by atoms with Crippen molar-refractivity contribution in [1.29, 1.82) is 0 Å². The average molecular weight is 416 g/mol. The number of nitrogens with zero attached hydrogens (tertiary/aromatic N) is 3. The van der Waals surface area contributed by atoms with Crippen LogP contribution >= 0.6 is 0 Å². The predicted octanol–water partition coefficient (Wildman–Crippen LogP) is 2.32. The maximum Gasteiger partial charge on any atom is 0.451 e. The summed E-state index contributed by atoms with van der Waals surface area (Å²) in [6.07, 6.45) is -5.05. The second-order valence-corrected chi connectivity index (χ2v) is 6.76. The molecule has 3 N–H and O–H groups in total. The molecule has 2 aromatic rings. The monoisotopic (exact) mass is 416 g/mol. The third-order valence-electron chi connectivity index (χ3n) is 4.58. The molecular formula is C18H17F5N4O2. The van der Waals surface area contributed by atoms with Crippen molar-refractivity contribution in [3.63, 3.8) is 0 Å². The Morgan fingerprint density at radius 2 is 2.00 bits per heavy atom. The van der Waals surface area contributed by atoms with E-state index in [0.717, 1.165) is 18.2 Å². The van der Waals surface area contributed by atoms with Gasteiger partial charge in [0.15, 0.2) is 0 Å². The molecule has 2 heterocycles. The van der Waals surface area contributed by atoms with Crippen LogP contribution in [0, 0.1) is 11.6 Å². The van der Waals surface area contributed by atoms with Gasteiger partial charge in [-0.3, -0.25) is 4.79 Å². The van der Waals surface area contributed by atoms with Gasteiger partial charge >= 0.3 is 6.18 Å². The van der Waals surface area contributed by atoms with E-state index >= 15 is 0 Å². The van der Waals surface area contributed by atoms with Gasteiger partial charge in [0.05, 0.1) is 12.2 Å². The Morgan fingerprint density at radius 1 is 1.28 bits per heavy atom. The first-order chi connectivity index (χ1) is 13.5. The highest BCUT2D eigenvalue weighted by Gasteiger charge is 2.37. The van der Waals surface area contributed by atoms with Crippen molar-refractivity contribution in [3.8, 4) is 5.88 Å². The highest BCUT2D eigenvalue weighted by molar-refractivity contribution is 5.77. The molecule has 0 bridgehead atoms. The molecule has 1 atom stereocenters. The first kappa shape index (κ1) is 20.9. The van der Waals surface area contributed by atoms with Crippen LogP contribution in [0.15, 0.2) is 18.2 Å². The lowest BCUT2D eigenvalue weighted by molar-refractivity contribution is -0.145. The smallest absolute Gasteiger partial charge is 0.451 e. The lowest BCUT2D eigenvalue weighted by atomic mass is 10.0. The van der Waals surface area contributed by atoms with Crippen molar-refractivity contribution < 1.29 is 31.9 Å². The van der Waals surface area contributed by atoms with Crippen LogP contribution in [0.25, 0.3) is 0 Å². The lowest BCUT2D eigenvalue weighted by Gasteiger charge is -2.29. The molecule has 6 nitrogen and oxygen atoms in total. The minimum atomic E-state index is -4.84. The van der Waals surface area contributed by atoms with Gasteiger partial charge in [-0.2, -0.15) is 18.2 Å². The number of halogens is 5. The molecule has 0 saturated carbocycles. The number of nitrogens with two attached hydrogens (primary N) is 1. The summed E-state index contributed by atoms with van der Waals surface area (Å²) in [5.74, 6) is -3.98. The van der Waals surface area contributed by atoms with Crippen LogP contribution in [0.1, 0.15) is 29.1 Å². The Bertz CT molecular complexity index is 935. The van der Waals surface area contributed by atoms with E-state index in [1.54, 1.807) is 0 Å². The molecule has 0 aliphatic carbocycles. The molecule has 1 amide bonds. The van der Waals surface area contributed by atoms with E-state index < -0.39 is 41.5 Å². The summed E-state index contributed by atoms with van der Waals surface area (Å²) in [6.45, 7) is -0.108. The van der Waals surface area contributed by atoms with Gasteiger partial charge in [-0.1, -0.05) is 0 Å². The number of rotatable bonds is 4. The molecule has 1 aliphatic heterocycles. The van der Waals surface area contributed by atoms with Crippen molar-refractivity contribution in [2.24, 2.45) is 5.73 Å². The van der Waals surface area contributed by atoms with Crippen LogP contribution < -0.4 is 5.73 Å². The van der Waals surface area contributed by atoms with E-state index in [2.05, 4.69) is 9.97 Å². The minimum absolute atomic E-state index is 0.0294. The lowest BCUT2D eigenvalue weighted by Crippen LogP contribution is -2.40. The second-order valence-electron chi connectivity index (χ2n) is 6.76. The first-order valence-electron chi connectivity index (χ1n) is 8.68. The van der Waals surface area contributed by atoms with Gasteiger partial charge in [0.1, 0.15) is 11.6 Å². The van der Waals surface area contributed by atoms with Crippen molar-refractivity contribution in [3.05, 3.63) is 52.5 Å². The highest BCUT2D eigenvalue weighted by Crippen LogP contribution is 2.31. The maximum atomic E-state index is 13.7. The zero-order valence-electron chi connectivity index (χ0n) is 15.0. The SMILES string of the molecule is NC(CC(=O)N1CCc2c(O)nc(C(F)(F)F)nc2C1)Cc1cc(F)ccc1F. The van der Waals surface area contributed by atoms with Gasteiger partial charge in [0.25, 0.3) is 0 Å². The number of carbonyl (C=O) groups is 1. The van der Waals surface area contributed by atoms with Gasteiger partial charge in [0, 0.05) is 24.6 Å². The fourth-order valence-corrected chi connectivity index (χ4v) is 3.16. The van der Waals surface area contributed by atoms with Gasteiger partial charge in [-0.05, 0) is 36.6 Å². The van der Waals surface area contributed by atoms with E-state index in [1.165, 1.54) is 4.90 Å². The summed E-state index contributed by atoms with van der Waals surface area (Å²) in [6, 6.07) is 2.11. The number of aromatic nitrogens is 2. The summed E-state index contributed by atoms with van der Waals surface area (Å²) >= 11 is 0. The maximum absolute atomic E-state index is 13.7. The number of amides is 1. The summed E-state index contributed by atoms with van der Waals surface area (Å²) in [7, 11) is 0. The van der Waals surface area contributed by atoms with Crippen LogP contribution in [-0.2, 0) is 30.4 Å². The standard InChI is InChI=1S/C18H17F5N4O2/c19-10-1-2-13(20)9(5-10)6-11(24)7-15(28)27-4-3-12-14(8-27)25-17(18(21,22)23)26-16(12)29/h1-2,5,11H,3-4,6-8,24H2,(H,25,26,29). The molecule has 11 heteroatoms. The first-order valence-corrected chi connectivity index (χ1v) is 8.68. The summed E-state index contributed by atoms with van der Waals surface area (Å²) in [5, 5.41) is 9.74. The Labute approximate surface area is 162 Å². The number of hydrogen-bond acceptors (Lipinski definition) is 5. The van der Waals surface area contributed by atoms with Gasteiger partial charge in [0.2, 0.25) is 17.6 Å². The number of aromatic hydroxyl groups is 1. The van der Waals surface area contributed by atoms with Crippen LogP contribution in [-0.4, -0.2) is 38.5 Å². The topological polar surface area (TPSA) is 92.3 Å². The molecule has 1 unspecified atom stereocenters. The van der Waals surface area contributed by atoms with E-state index in [0.29, 0.717) is 0 Å². The quantitative estimate of drug-likeness (QED) is 0.747. The van der Waals surface area contributed by atoms with Crippen molar-refractivity contribution in [1.82, 2.24) is 14.9 Å². The fraction of sp³-hybridized carbons (Fsp3) is 0.389. The minimum Gasteiger partial charge on any atom is -0.493 e. The van der Waals surface area contributed by atoms with Crippen LogP contribution in [0.5, 0.6) is 5.88 Å². The molecule has 3 rings (SSSR count). The van der Waals surface area contributed by atoms with E-state index in [1.807, 2.05) is 0 Å². The third kappa shape index (κ3) is 4.78. The number of fused-ring (bicyclic) bond motifs is 1. The van der Waals surface area contributed by atoms with Crippen LogP contribution in [0.4, 0.5) is 22.0 Å². The Hall–Kier alpha value is -2.82. The van der Waals surface area contributed by atoms with E-state index in [4.69, 9.17) is 5.73 Å². The third-order valence-corrected chi connectivity index (χ3v) is 4.58. The molecule has 0 saturated heterocycles. The average Bonchev–Trinajstić information content (AvgIpc) is 2.63. The summed E-state index contributed by atoms with van der Waals surface area (Å²) in [4.78, 5) is 20.2. The molecular weight excluding hydrogens is 399 g/mol. The zero-order valence-corrected chi connectivity index (χ0v) is 15.0. The normalized spacial score (nSPS) is 15.2. The molecule has 29 heavy (non-hydrogen) atoms. The van der Waals surface area contributed by atoms with E-state index in [-0.39, 0.29) is 49.2 Å². The molecule has 156 valence electrons. The number of carbonyl (C=O) groups excluding carboxylic acids is 1. The number of alkyl halides is 3. The molecule has 0 spiro atoms. The Morgan fingerprint density at radius 3 is 2.69 bits per heavy atom. The van der Waals surface area contributed by atoms with Crippen molar-refractivity contribution in [2.45, 2.75) is 38.0 Å². The molecule has 1 aromatic carbocycles. The van der Waals surface area contributed by atoms with Crippen molar-refractivity contribution in [2.75, 3.05) is 6.54 Å². The molecule has 0 fully saturated rings. The number of benzene rings is 1. The summed E-state index contributed by atoms with van der Waals surface area (Å²) < 4.78 is 65.5. The molecule has 0 radical (unpaired) electrons. The van der Waals surface area contributed by atoms with E-state index in [9.17, 15) is 31.9 Å². The Kier molecular flexibility index (Phi) is 5.69. The van der Waals surface area contributed by atoms with Crippen LogP contribution in [0.3, 0.4) is 0 Å².